The lowest BCUT2D eigenvalue weighted by Gasteiger charge is -2.33. The van der Waals surface area contributed by atoms with E-state index in [9.17, 15) is 4.79 Å². The van der Waals surface area contributed by atoms with Gasteiger partial charge in [-0.25, -0.2) is 4.79 Å². The monoisotopic (exact) mass is 200 g/mol. The molecule has 2 unspecified atom stereocenters. The van der Waals surface area contributed by atoms with Gasteiger partial charge in [-0.15, -0.1) is 0 Å². The first kappa shape index (κ1) is 9.73. The van der Waals surface area contributed by atoms with Crippen molar-refractivity contribution in [2.75, 3.05) is 33.4 Å². The first-order valence-electron chi connectivity index (χ1n) is 5.00. The van der Waals surface area contributed by atoms with Gasteiger partial charge >= 0.3 is 6.09 Å². The van der Waals surface area contributed by atoms with Crippen LogP contribution >= 0.6 is 0 Å². The second-order valence-electron chi connectivity index (χ2n) is 3.66. The Balaban J connectivity index is 2.01. The molecule has 14 heavy (non-hydrogen) atoms. The molecule has 5 nitrogen and oxygen atoms in total. The van der Waals surface area contributed by atoms with Gasteiger partial charge in [-0.2, -0.15) is 0 Å². The van der Waals surface area contributed by atoms with Gasteiger partial charge in [-0.3, -0.25) is 0 Å². The van der Waals surface area contributed by atoms with E-state index in [0.29, 0.717) is 6.61 Å². The van der Waals surface area contributed by atoms with E-state index in [0.717, 1.165) is 26.1 Å². The maximum atomic E-state index is 11.5. The lowest BCUT2D eigenvalue weighted by atomic mass is 10.1. The van der Waals surface area contributed by atoms with E-state index in [1.54, 1.807) is 12.0 Å². The average Bonchev–Trinajstić information content (AvgIpc) is 2.66. The van der Waals surface area contributed by atoms with Crippen molar-refractivity contribution in [3.05, 3.63) is 0 Å². The second-order valence-corrected chi connectivity index (χ2v) is 3.66. The van der Waals surface area contributed by atoms with Gasteiger partial charge < -0.3 is 19.7 Å². The van der Waals surface area contributed by atoms with Gasteiger partial charge in [0, 0.05) is 26.7 Å². The highest BCUT2D eigenvalue weighted by molar-refractivity contribution is 5.68. The number of cyclic esters (lactones) is 1. The van der Waals surface area contributed by atoms with Crippen molar-refractivity contribution in [1.82, 2.24) is 10.2 Å². The van der Waals surface area contributed by atoms with Crippen LogP contribution in [-0.4, -0.2) is 56.5 Å². The summed E-state index contributed by atoms with van der Waals surface area (Å²) in [5.74, 6) is 0. The van der Waals surface area contributed by atoms with Gasteiger partial charge in [0.05, 0.1) is 18.8 Å². The number of nitrogens with one attached hydrogen (secondary N) is 1. The molecule has 1 N–H and O–H groups in total. The summed E-state index contributed by atoms with van der Waals surface area (Å²) in [5.41, 5.74) is 0. The summed E-state index contributed by atoms with van der Waals surface area (Å²) in [6.45, 7) is 2.94. The van der Waals surface area contributed by atoms with Crippen molar-refractivity contribution in [3.63, 3.8) is 0 Å². The summed E-state index contributed by atoms with van der Waals surface area (Å²) < 4.78 is 10.3. The van der Waals surface area contributed by atoms with Crippen LogP contribution < -0.4 is 5.32 Å². The normalized spacial score (nSPS) is 33.2. The number of amides is 1. The Morgan fingerprint density at radius 2 is 2.43 bits per heavy atom. The third-order valence-corrected chi connectivity index (χ3v) is 2.83. The standard InChI is InChI=1S/C9H16N2O3/c1-13-8-6-10-5-7(8)11-3-2-4-14-9(11)12/h7-8,10H,2-6H2,1H3. The van der Waals surface area contributed by atoms with Gasteiger partial charge in [-0.05, 0) is 6.42 Å². The third kappa shape index (κ3) is 1.69. The Bertz CT molecular complexity index is 222. The molecule has 0 aliphatic carbocycles. The van der Waals surface area contributed by atoms with E-state index in [4.69, 9.17) is 9.47 Å². The van der Waals surface area contributed by atoms with Crippen LogP contribution in [0.25, 0.3) is 0 Å². The first-order valence-corrected chi connectivity index (χ1v) is 5.00. The third-order valence-electron chi connectivity index (χ3n) is 2.83. The van der Waals surface area contributed by atoms with Crippen LogP contribution in [0.5, 0.6) is 0 Å². The van der Waals surface area contributed by atoms with Crippen molar-refractivity contribution < 1.29 is 14.3 Å². The number of ether oxygens (including phenoxy) is 2. The first-order chi connectivity index (χ1) is 6.83. The van der Waals surface area contributed by atoms with E-state index in [-0.39, 0.29) is 18.2 Å². The molecular formula is C9H16N2O3. The van der Waals surface area contributed by atoms with E-state index in [1.165, 1.54) is 0 Å². The zero-order chi connectivity index (χ0) is 9.97. The van der Waals surface area contributed by atoms with Crippen LogP contribution in [0.1, 0.15) is 6.42 Å². The molecule has 0 saturated carbocycles. The van der Waals surface area contributed by atoms with Gasteiger partial charge in [-0.1, -0.05) is 0 Å². The van der Waals surface area contributed by atoms with Crippen molar-refractivity contribution >= 4 is 6.09 Å². The Kier molecular flexibility index (Phi) is 2.88. The number of hydrogen-bond donors (Lipinski definition) is 1. The van der Waals surface area contributed by atoms with Crippen molar-refractivity contribution in [2.45, 2.75) is 18.6 Å². The van der Waals surface area contributed by atoms with E-state index >= 15 is 0 Å². The molecule has 2 heterocycles. The summed E-state index contributed by atoms with van der Waals surface area (Å²) in [7, 11) is 1.68. The Labute approximate surface area is 83.3 Å². The maximum Gasteiger partial charge on any atom is 0.410 e. The molecule has 2 aliphatic heterocycles. The van der Waals surface area contributed by atoms with Gasteiger partial charge in [0.2, 0.25) is 0 Å². The van der Waals surface area contributed by atoms with Crippen LogP contribution in [0.15, 0.2) is 0 Å². The number of carbonyl (C=O) groups is 1. The van der Waals surface area contributed by atoms with Gasteiger partial charge in [0.25, 0.3) is 0 Å². The molecule has 1 amide bonds. The molecule has 0 bridgehead atoms. The summed E-state index contributed by atoms with van der Waals surface area (Å²) >= 11 is 0. The molecule has 80 valence electrons. The lowest BCUT2D eigenvalue weighted by Crippen LogP contribution is -2.50. The Morgan fingerprint density at radius 3 is 3.14 bits per heavy atom. The minimum absolute atomic E-state index is 0.0978. The van der Waals surface area contributed by atoms with E-state index in [1.807, 2.05) is 0 Å². The maximum absolute atomic E-state index is 11.5. The molecule has 2 atom stereocenters. The Hall–Kier alpha value is -0.810. The van der Waals surface area contributed by atoms with Gasteiger partial charge in [0.1, 0.15) is 0 Å². The number of rotatable bonds is 2. The van der Waals surface area contributed by atoms with E-state index in [2.05, 4.69) is 5.32 Å². The molecule has 0 spiro atoms. The van der Waals surface area contributed by atoms with Crippen molar-refractivity contribution in [1.29, 1.82) is 0 Å². The minimum atomic E-state index is -0.202. The minimum Gasteiger partial charge on any atom is -0.449 e. The fourth-order valence-electron chi connectivity index (χ4n) is 2.06. The number of nitrogens with zero attached hydrogens (tertiary/aromatic N) is 1. The summed E-state index contributed by atoms with van der Waals surface area (Å²) in [4.78, 5) is 13.2. The molecule has 0 radical (unpaired) electrons. The smallest absolute Gasteiger partial charge is 0.410 e. The zero-order valence-corrected chi connectivity index (χ0v) is 8.36. The molecular weight excluding hydrogens is 184 g/mol. The fraction of sp³-hybridized carbons (Fsp3) is 0.889. The number of carbonyl (C=O) groups excluding carboxylic acids is 1. The van der Waals surface area contributed by atoms with Crippen LogP contribution in [0.3, 0.4) is 0 Å². The molecule has 2 saturated heterocycles. The lowest BCUT2D eigenvalue weighted by molar-refractivity contribution is 0.0135. The number of methoxy groups -OCH3 is 1. The highest BCUT2D eigenvalue weighted by Crippen LogP contribution is 2.16. The highest BCUT2D eigenvalue weighted by Gasteiger charge is 2.36. The summed E-state index contributed by atoms with van der Waals surface area (Å²) in [6, 6.07) is 0.132. The molecule has 0 aromatic rings. The predicted octanol–water partition coefficient (Wildman–Crippen LogP) is -0.185. The zero-order valence-electron chi connectivity index (χ0n) is 8.36. The van der Waals surface area contributed by atoms with Crippen LogP contribution in [0, 0.1) is 0 Å². The topological polar surface area (TPSA) is 50.8 Å². The fourth-order valence-corrected chi connectivity index (χ4v) is 2.06. The quantitative estimate of drug-likeness (QED) is 0.671. The largest absolute Gasteiger partial charge is 0.449 e. The molecule has 2 aliphatic rings. The van der Waals surface area contributed by atoms with Crippen molar-refractivity contribution in [3.8, 4) is 0 Å². The number of hydrogen-bond acceptors (Lipinski definition) is 4. The Morgan fingerprint density at radius 1 is 1.57 bits per heavy atom. The summed E-state index contributed by atoms with van der Waals surface area (Å²) in [5, 5.41) is 3.22. The molecule has 5 heteroatoms. The predicted molar refractivity (Wildman–Crippen MR) is 50.1 cm³/mol. The second kappa shape index (κ2) is 4.14. The van der Waals surface area contributed by atoms with Crippen LogP contribution in [0.4, 0.5) is 4.79 Å². The molecule has 0 aromatic heterocycles. The molecule has 2 rings (SSSR count). The highest BCUT2D eigenvalue weighted by atomic mass is 16.6. The SMILES string of the molecule is COC1CNCC1N1CCCOC1=O. The summed E-state index contributed by atoms with van der Waals surface area (Å²) in [6.07, 6.45) is 0.811. The average molecular weight is 200 g/mol. The van der Waals surface area contributed by atoms with Gasteiger partial charge in [0.15, 0.2) is 0 Å². The van der Waals surface area contributed by atoms with Crippen LogP contribution in [0.2, 0.25) is 0 Å². The van der Waals surface area contributed by atoms with Crippen molar-refractivity contribution in [2.24, 2.45) is 0 Å². The molecule has 2 fully saturated rings. The van der Waals surface area contributed by atoms with Crippen LogP contribution in [-0.2, 0) is 9.47 Å². The van der Waals surface area contributed by atoms with E-state index < -0.39 is 0 Å². The molecule has 0 aromatic carbocycles.